The van der Waals surface area contributed by atoms with Gasteiger partial charge in [0.15, 0.2) is 0 Å². The minimum atomic E-state index is -0.653. The van der Waals surface area contributed by atoms with Crippen molar-refractivity contribution < 1.29 is 9.90 Å². The van der Waals surface area contributed by atoms with Crippen LogP contribution < -0.4 is 0 Å². The lowest BCUT2D eigenvalue weighted by atomic mass is 9.89. The molecule has 3 atom stereocenters. The molecule has 0 aromatic heterocycles. The number of hydrogen-bond donors (Lipinski definition) is 1. The van der Waals surface area contributed by atoms with Gasteiger partial charge < -0.3 is 5.11 Å². The van der Waals surface area contributed by atoms with E-state index in [2.05, 4.69) is 46.8 Å². The minimum Gasteiger partial charge on any atom is -0.481 e. The molecule has 1 heterocycles. The molecule has 1 aromatic carbocycles. The molecule has 1 fully saturated rings. The number of halogens is 1. The summed E-state index contributed by atoms with van der Waals surface area (Å²) in [6.07, 6.45) is 1.48. The molecule has 2 rings (SSSR count). The van der Waals surface area contributed by atoms with Crippen LogP contribution in [0.2, 0.25) is 0 Å². The van der Waals surface area contributed by atoms with Gasteiger partial charge in [-0.1, -0.05) is 34.1 Å². The fourth-order valence-corrected chi connectivity index (χ4v) is 3.60. The molecule has 0 bridgehead atoms. The van der Waals surface area contributed by atoms with Crippen molar-refractivity contribution >= 4 is 21.9 Å². The fourth-order valence-electron chi connectivity index (χ4n) is 2.98. The summed E-state index contributed by atoms with van der Waals surface area (Å²) < 4.78 is 1.12. The minimum absolute atomic E-state index is 0.183. The van der Waals surface area contributed by atoms with Gasteiger partial charge in [-0.2, -0.15) is 0 Å². The van der Waals surface area contributed by atoms with E-state index in [1.54, 1.807) is 0 Å². The smallest absolute Gasteiger partial charge is 0.306 e. The van der Waals surface area contributed by atoms with E-state index in [4.69, 9.17) is 5.11 Å². The van der Waals surface area contributed by atoms with Crippen LogP contribution in [0.5, 0.6) is 0 Å². The van der Waals surface area contributed by atoms with Crippen molar-refractivity contribution in [3.8, 4) is 0 Å². The topological polar surface area (TPSA) is 40.5 Å². The number of likely N-dealkylation sites (tertiary alicyclic amines) is 1. The summed E-state index contributed by atoms with van der Waals surface area (Å²) in [6.45, 7) is 5.17. The molecule has 0 saturated carbocycles. The second kappa shape index (κ2) is 6.06. The van der Waals surface area contributed by atoms with Crippen LogP contribution in [0.4, 0.5) is 0 Å². The molecule has 1 aliphatic heterocycles. The number of piperidine rings is 1. The third-order valence-corrected chi connectivity index (χ3v) is 4.85. The quantitative estimate of drug-likeness (QED) is 0.921. The van der Waals surface area contributed by atoms with E-state index in [-0.39, 0.29) is 5.92 Å². The van der Waals surface area contributed by atoms with E-state index in [1.165, 1.54) is 5.56 Å². The van der Waals surface area contributed by atoms with Crippen molar-refractivity contribution in [2.24, 2.45) is 5.92 Å². The van der Waals surface area contributed by atoms with Crippen LogP contribution in [0, 0.1) is 5.92 Å². The number of nitrogens with zero attached hydrogens (tertiary/aromatic N) is 1. The highest BCUT2D eigenvalue weighted by Gasteiger charge is 2.32. The Labute approximate surface area is 122 Å². The Balaban J connectivity index is 2.11. The summed E-state index contributed by atoms with van der Waals surface area (Å²) in [5.41, 5.74) is 1.27. The maximum atomic E-state index is 11.1. The third kappa shape index (κ3) is 3.18. The summed E-state index contributed by atoms with van der Waals surface area (Å²) in [7, 11) is 0. The molecule has 104 valence electrons. The Morgan fingerprint density at radius 3 is 2.74 bits per heavy atom. The van der Waals surface area contributed by atoms with Gasteiger partial charge in [0.25, 0.3) is 0 Å². The first kappa shape index (κ1) is 14.5. The van der Waals surface area contributed by atoms with Crippen molar-refractivity contribution in [2.45, 2.75) is 38.8 Å². The molecule has 3 nitrogen and oxygen atoms in total. The average molecular weight is 326 g/mol. The number of aliphatic carboxylic acids is 1. The molecule has 0 amide bonds. The van der Waals surface area contributed by atoms with Gasteiger partial charge in [-0.3, -0.25) is 9.69 Å². The predicted octanol–water partition coefficient (Wildman–Crippen LogP) is 3.70. The van der Waals surface area contributed by atoms with Crippen LogP contribution in [0.15, 0.2) is 28.7 Å². The molecule has 1 N–H and O–H groups in total. The van der Waals surface area contributed by atoms with Crippen LogP contribution in [0.3, 0.4) is 0 Å². The van der Waals surface area contributed by atoms with E-state index in [0.29, 0.717) is 12.1 Å². The fraction of sp³-hybridized carbons (Fsp3) is 0.533. The van der Waals surface area contributed by atoms with Crippen LogP contribution in [0.1, 0.15) is 38.3 Å². The van der Waals surface area contributed by atoms with Crippen LogP contribution in [-0.4, -0.2) is 28.6 Å². The molecule has 1 aliphatic rings. The molecule has 4 heteroatoms. The number of carbonyl (C=O) groups is 1. The Morgan fingerprint density at radius 2 is 2.16 bits per heavy atom. The zero-order valence-corrected chi connectivity index (χ0v) is 12.9. The molecule has 0 aliphatic carbocycles. The zero-order chi connectivity index (χ0) is 14.0. The van der Waals surface area contributed by atoms with E-state index >= 15 is 0 Å². The lowest BCUT2D eigenvalue weighted by Crippen LogP contribution is -2.43. The summed E-state index contributed by atoms with van der Waals surface area (Å²) in [4.78, 5) is 13.5. The molecule has 0 spiro atoms. The molecule has 1 aromatic rings. The van der Waals surface area contributed by atoms with Gasteiger partial charge in [0.05, 0.1) is 5.92 Å². The second-order valence-corrected chi connectivity index (χ2v) is 6.20. The largest absolute Gasteiger partial charge is 0.481 e. The van der Waals surface area contributed by atoms with Gasteiger partial charge >= 0.3 is 5.97 Å². The summed E-state index contributed by atoms with van der Waals surface area (Å²) in [5.74, 6) is -0.835. The monoisotopic (exact) mass is 325 g/mol. The summed E-state index contributed by atoms with van der Waals surface area (Å²) in [5, 5.41) is 9.12. The molecule has 3 unspecified atom stereocenters. The van der Waals surface area contributed by atoms with E-state index < -0.39 is 5.97 Å². The number of carboxylic acid groups (broad SMARTS) is 1. The lowest BCUT2D eigenvalue weighted by molar-refractivity contribution is -0.144. The van der Waals surface area contributed by atoms with Crippen LogP contribution in [-0.2, 0) is 4.79 Å². The van der Waals surface area contributed by atoms with E-state index in [9.17, 15) is 4.79 Å². The molecule has 19 heavy (non-hydrogen) atoms. The first-order valence-corrected chi connectivity index (χ1v) is 7.53. The Hall–Kier alpha value is -0.870. The normalized spacial score (nSPS) is 26.1. The van der Waals surface area contributed by atoms with Crippen molar-refractivity contribution in [1.82, 2.24) is 4.90 Å². The highest BCUT2D eigenvalue weighted by atomic mass is 79.9. The average Bonchev–Trinajstić information content (AvgIpc) is 2.38. The highest BCUT2D eigenvalue weighted by molar-refractivity contribution is 9.10. The van der Waals surface area contributed by atoms with E-state index in [1.807, 2.05) is 12.1 Å². The second-order valence-electron chi connectivity index (χ2n) is 5.34. The zero-order valence-electron chi connectivity index (χ0n) is 11.3. The molecule has 0 radical (unpaired) electrons. The van der Waals surface area contributed by atoms with Gasteiger partial charge in [-0.25, -0.2) is 0 Å². The van der Waals surface area contributed by atoms with Crippen molar-refractivity contribution in [3.63, 3.8) is 0 Å². The Bertz CT molecular complexity index is 463. The first-order valence-electron chi connectivity index (χ1n) is 6.73. The summed E-state index contributed by atoms with van der Waals surface area (Å²) >= 11 is 3.60. The molecule has 1 saturated heterocycles. The number of rotatable bonds is 3. The van der Waals surface area contributed by atoms with Crippen molar-refractivity contribution in [2.75, 3.05) is 6.54 Å². The van der Waals surface area contributed by atoms with Gasteiger partial charge in [0, 0.05) is 16.6 Å². The number of benzene rings is 1. The van der Waals surface area contributed by atoms with Gasteiger partial charge in [-0.05, 0) is 44.9 Å². The lowest BCUT2D eigenvalue weighted by Gasteiger charge is -2.40. The van der Waals surface area contributed by atoms with Crippen molar-refractivity contribution in [1.29, 1.82) is 0 Å². The SMILES string of the molecule is CC1CC(C(=O)O)CCN1C(C)c1ccccc1Br. The first-order chi connectivity index (χ1) is 9.00. The maximum Gasteiger partial charge on any atom is 0.306 e. The van der Waals surface area contributed by atoms with E-state index in [0.717, 1.165) is 23.9 Å². The number of carboxylic acids is 1. The Kier molecular flexibility index (Phi) is 4.63. The molecular weight excluding hydrogens is 306 g/mol. The summed E-state index contributed by atoms with van der Waals surface area (Å²) in [6, 6.07) is 8.86. The Morgan fingerprint density at radius 1 is 1.47 bits per heavy atom. The highest BCUT2D eigenvalue weighted by Crippen LogP contribution is 2.33. The standard InChI is InChI=1S/C15H20BrNO2/c1-10-9-12(15(18)19)7-8-17(10)11(2)13-5-3-4-6-14(13)16/h3-6,10-12H,7-9H2,1-2H3,(H,18,19). The number of hydrogen-bond acceptors (Lipinski definition) is 2. The van der Waals surface area contributed by atoms with Gasteiger partial charge in [0.1, 0.15) is 0 Å². The predicted molar refractivity (Wildman–Crippen MR) is 79.1 cm³/mol. The van der Waals surface area contributed by atoms with Crippen LogP contribution >= 0.6 is 15.9 Å². The molecular formula is C15H20BrNO2. The van der Waals surface area contributed by atoms with Crippen LogP contribution in [0.25, 0.3) is 0 Å². The third-order valence-electron chi connectivity index (χ3n) is 4.13. The van der Waals surface area contributed by atoms with Gasteiger partial charge in [-0.15, -0.1) is 0 Å². The van der Waals surface area contributed by atoms with Gasteiger partial charge in [0.2, 0.25) is 0 Å². The maximum absolute atomic E-state index is 11.1. The van der Waals surface area contributed by atoms with Crippen molar-refractivity contribution in [3.05, 3.63) is 34.3 Å².